The van der Waals surface area contributed by atoms with Crippen molar-refractivity contribution >= 4 is 21.6 Å². The van der Waals surface area contributed by atoms with Crippen LogP contribution in [0.25, 0.3) is 0 Å². The van der Waals surface area contributed by atoms with E-state index in [1.54, 1.807) is 0 Å². The first-order chi connectivity index (χ1) is 11.4. The minimum absolute atomic E-state index is 0.0903. The molecule has 0 radical (unpaired) electrons. The molecule has 128 valence electrons. The minimum atomic E-state index is -3.76. The number of hydrogen-bond acceptors (Lipinski definition) is 7. The van der Waals surface area contributed by atoms with Crippen molar-refractivity contribution < 1.29 is 17.7 Å². The van der Waals surface area contributed by atoms with Gasteiger partial charge in [0.2, 0.25) is 10.0 Å². The van der Waals surface area contributed by atoms with Crippen LogP contribution >= 0.6 is 11.6 Å². The lowest BCUT2D eigenvalue weighted by atomic mass is 10.3. The zero-order valence-electron chi connectivity index (χ0n) is 12.2. The van der Waals surface area contributed by atoms with Gasteiger partial charge in [0.05, 0.1) is 4.90 Å². The molecule has 1 unspecified atom stereocenters. The summed E-state index contributed by atoms with van der Waals surface area (Å²) in [6.07, 6.45) is 0.275. The lowest BCUT2D eigenvalue weighted by molar-refractivity contribution is -0.767. The predicted molar refractivity (Wildman–Crippen MR) is 81.0 cm³/mol. The van der Waals surface area contributed by atoms with E-state index >= 15 is 0 Å². The second-order valence-corrected chi connectivity index (χ2v) is 7.43. The molecule has 0 spiro atoms. The van der Waals surface area contributed by atoms with Gasteiger partial charge in [0.25, 0.3) is 11.8 Å². The maximum absolute atomic E-state index is 12.7. The summed E-state index contributed by atoms with van der Waals surface area (Å²) in [4.78, 5) is 12.4. The summed E-state index contributed by atoms with van der Waals surface area (Å²) < 4.78 is 31.1. The van der Waals surface area contributed by atoms with Crippen LogP contribution in [0.3, 0.4) is 0 Å². The SMILES string of the molecule is N=c1c[n+](N2CCN(S(=O)(=O)c3ccc(Cl)cc3)CC2N=O)[n-]o1. The maximum atomic E-state index is 12.7. The van der Waals surface area contributed by atoms with Crippen LogP contribution in [0.4, 0.5) is 0 Å². The molecule has 1 aliphatic heterocycles. The molecule has 0 amide bonds. The van der Waals surface area contributed by atoms with Crippen molar-refractivity contribution in [1.82, 2.24) is 9.58 Å². The van der Waals surface area contributed by atoms with Gasteiger partial charge in [-0.15, -0.1) is 0 Å². The molecule has 12 heteroatoms. The van der Waals surface area contributed by atoms with Gasteiger partial charge in [-0.3, -0.25) is 5.41 Å². The number of sulfonamides is 1. The molecule has 3 rings (SSSR count). The molecule has 1 N–H and O–H groups in total. The Morgan fingerprint density at radius 1 is 1.33 bits per heavy atom. The second-order valence-electron chi connectivity index (χ2n) is 5.05. The Hall–Kier alpha value is -2.24. The van der Waals surface area contributed by atoms with E-state index in [0.29, 0.717) is 5.02 Å². The molecule has 0 aliphatic carbocycles. The van der Waals surface area contributed by atoms with Gasteiger partial charge in [-0.05, 0) is 29.5 Å². The average Bonchev–Trinajstić information content (AvgIpc) is 3.01. The van der Waals surface area contributed by atoms with Crippen molar-refractivity contribution in [2.45, 2.75) is 11.1 Å². The number of nitroso groups, excluding NO2 is 1. The van der Waals surface area contributed by atoms with Crippen molar-refractivity contribution in [3.05, 3.63) is 45.9 Å². The van der Waals surface area contributed by atoms with E-state index in [1.807, 2.05) is 0 Å². The standard InChI is InChI=1S/C12H13ClN6O4S/c13-9-1-3-10(4-2-9)24(21,22)17-5-6-18(12(8-17)15-20)19-7-11(14)23-16-19/h1-4,7,12,14H,5-6,8H2. The number of aromatic nitrogens is 2. The van der Waals surface area contributed by atoms with Crippen LogP contribution in [-0.4, -0.2) is 38.5 Å². The first-order valence-corrected chi connectivity index (χ1v) is 8.69. The van der Waals surface area contributed by atoms with E-state index in [1.165, 1.54) is 44.6 Å². The average molecular weight is 373 g/mol. The highest BCUT2D eigenvalue weighted by Gasteiger charge is 2.35. The molecule has 1 atom stereocenters. The number of nitrogens with one attached hydrogen (secondary N) is 1. The number of nitrogens with zero attached hydrogens (tertiary/aromatic N) is 5. The van der Waals surface area contributed by atoms with E-state index in [0.717, 1.165) is 0 Å². The van der Waals surface area contributed by atoms with Crippen LogP contribution in [-0.2, 0) is 10.0 Å². The van der Waals surface area contributed by atoms with Crippen molar-refractivity contribution in [2.24, 2.45) is 5.18 Å². The predicted octanol–water partition coefficient (Wildman–Crippen LogP) is -0.608. The lowest BCUT2D eigenvalue weighted by Crippen LogP contribution is -2.70. The third-order valence-corrected chi connectivity index (χ3v) is 5.71. The lowest BCUT2D eigenvalue weighted by Gasteiger charge is -2.37. The molecule has 1 saturated heterocycles. The van der Waals surface area contributed by atoms with Crippen molar-refractivity contribution in [3.63, 3.8) is 0 Å². The zero-order valence-corrected chi connectivity index (χ0v) is 13.8. The number of halogens is 1. The summed E-state index contributed by atoms with van der Waals surface area (Å²) in [5.74, 6) is 0. The maximum Gasteiger partial charge on any atom is 0.286 e. The van der Waals surface area contributed by atoms with Gasteiger partial charge in [-0.2, -0.15) is 9.21 Å². The molecule has 1 fully saturated rings. The Morgan fingerprint density at radius 3 is 2.62 bits per heavy atom. The van der Waals surface area contributed by atoms with Crippen LogP contribution in [0, 0.1) is 10.3 Å². The normalized spacial score (nSPS) is 19.4. The Labute approximate surface area is 141 Å². The summed E-state index contributed by atoms with van der Waals surface area (Å²) >= 11 is 5.78. The monoisotopic (exact) mass is 372 g/mol. The van der Waals surface area contributed by atoms with Gasteiger partial charge in [0.15, 0.2) is 6.17 Å². The molecular formula is C12H13ClN6O4S. The third kappa shape index (κ3) is 3.05. The highest BCUT2D eigenvalue weighted by atomic mass is 35.5. The van der Waals surface area contributed by atoms with Crippen molar-refractivity contribution in [1.29, 1.82) is 5.41 Å². The van der Waals surface area contributed by atoms with Crippen molar-refractivity contribution in [2.75, 3.05) is 24.6 Å². The van der Waals surface area contributed by atoms with Gasteiger partial charge >= 0.3 is 0 Å². The smallest absolute Gasteiger partial charge is 0.286 e. The van der Waals surface area contributed by atoms with E-state index in [4.69, 9.17) is 17.0 Å². The van der Waals surface area contributed by atoms with Crippen LogP contribution in [0.1, 0.15) is 0 Å². The molecule has 2 aromatic rings. The van der Waals surface area contributed by atoms with Crippen LogP contribution in [0.2, 0.25) is 5.02 Å². The Kier molecular flexibility index (Phi) is 4.39. The van der Waals surface area contributed by atoms with Crippen LogP contribution < -0.4 is 20.6 Å². The summed E-state index contributed by atoms with van der Waals surface area (Å²) in [5.41, 5.74) is -0.184. The van der Waals surface area contributed by atoms with Gasteiger partial charge in [0, 0.05) is 24.7 Å². The molecule has 0 bridgehead atoms. The summed E-state index contributed by atoms with van der Waals surface area (Å²) in [7, 11) is -3.76. The molecule has 2 heterocycles. The zero-order chi connectivity index (χ0) is 17.3. The number of hydrogen-bond donors (Lipinski definition) is 1. The van der Waals surface area contributed by atoms with Crippen LogP contribution in [0.5, 0.6) is 0 Å². The van der Waals surface area contributed by atoms with Gasteiger partial charge in [-0.1, -0.05) is 21.6 Å². The highest BCUT2D eigenvalue weighted by molar-refractivity contribution is 7.89. The molecule has 24 heavy (non-hydrogen) atoms. The highest BCUT2D eigenvalue weighted by Crippen LogP contribution is 2.20. The van der Waals surface area contributed by atoms with E-state index in [-0.39, 0.29) is 30.1 Å². The molecule has 1 aromatic heterocycles. The summed E-state index contributed by atoms with van der Waals surface area (Å²) in [5, 5.41) is 15.7. The van der Waals surface area contributed by atoms with Gasteiger partial charge < -0.3 is 4.52 Å². The fraction of sp³-hybridized carbons (Fsp3) is 0.333. The minimum Gasteiger partial charge on any atom is -0.380 e. The first kappa shape index (κ1) is 16.6. The first-order valence-electron chi connectivity index (χ1n) is 6.87. The Bertz CT molecular complexity index is 893. The molecule has 10 nitrogen and oxygen atoms in total. The number of piperazine rings is 1. The number of benzene rings is 1. The third-order valence-electron chi connectivity index (χ3n) is 3.58. The Balaban J connectivity index is 1.84. The Morgan fingerprint density at radius 2 is 2.04 bits per heavy atom. The molecule has 0 saturated carbocycles. The molecule has 1 aromatic carbocycles. The van der Waals surface area contributed by atoms with E-state index in [9.17, 15) is 13.3 Å². The quantitative estimate of drug-likeness (QED) is 0.564. The topological polar surface area (TPSA) is 125 Å². The second kappa shape index (κ2) is 6.34. The van der Waals surface area contributed by atoms with E-state index in [2.05, 4.69) is 15.0 Å². The van der Waals surface area contributed by atoms with Gasteiger partial charge in [0.1, 0.15) is 0 Å². The molecule has 1 aliphatic rings. The molecular weight excluding hydrogens is 360 g/mol. The summed E-state index contributed by atoms with van der Waals surface area (Å²) in [6, 6.07) is 5.79. The van der Waals surface area contributed by atoms with Gasteiger partial charge in [-0.25, -0.2) is 13.4 Å². The number of rotatable bonds is 4. The fourth-order valence-electron chi connectivity index (χ4n) is 2.39. The van der Waals surface area contributed by atoms with E-state index < -0.39 is 16.2 Å². The summed E-state index contributed by atoms with van der Waals surface area (Å²) in [6.45, 7) is 0.158. The van der Waals surface area contributed by atoms with Crippen LogP contribution in [0.15, 0.2) is 45.1 Å². The van der Waals surface area contributed by atoms with Crippen molar-refractivity contribution in [3.8, 4) is 0 Å². The largest absolute Gasteiger partial charge is 0.380 e. The fourth-order valence-corrected chi connectivity index (χ4v) is 3.95.